The lowest BCUT2D eigenvalue weighted by molar-refractivity contribution is -0.0868. The Morgan fingerprint density at radius 1 is 1.20 bits per heavy atom. The molecule has 0 bridgehead atoms. The zero-order valence-electron chi connectivity index (χ0n) is 9.65. The van der Waals surface area contributed by atoms with Gasteiger partial charge < -0.3 is 10.4 Å². The van der Waals surface area contributed by atoms with Crippen molar-refractivity contribution < 1.29 is 5.11 Å². The third kappa shape index (κ3) is 2.69. The van der Waals surface area contributed by atoms with E-state index in [2.05, 4.69) is 15.1 Å². The highest BCUT2D eigenvalue weighted by Crippen LogP contribution is 2.22. The van der Waals surface area contributed by atoms with Crippen molar-refractivity contribution in [3.05, 3.63) is 0 Å². The van der Waals surface area contributed by atoms with Crippen LogP contribution in [0.1, 0.15) is 26.2 Å². The molecule has 2 saturated heterocycles. The van der Waals surface area contributed by atoms with Crippen molar-refractivity contribution in [3.8, 4) is 0 Å². The van der Waals surface area contributed by atoms with Gasteiger partial charge in [-0.3, -0.25) is 9.80 Å². The number of hydrogen-bond acceptors (Lipinski definition) is 4. The molecule has 0 amide bonds. The minimum absolute atomic E-state index is 0.301. The molecule has 2 unspecified atom stereocenters. The van der Waals surface area contributed by atoms with E-state index in [0.29, 0.717) is 6.17 Å². The molecule has 0 spiro atoms. The zero-order chi connectivity index (χ0) is 10.7. The van der Waals surface area contributed by atoms with Crippen LogP contribution in [0.15, 0.2) is 0 Å². The lowest BCUT2D eigenvalue weighted by atomic mass is 10.1. The minimum atomic E-state index is -0.301. The third-order valence-corrected chi connectivity index (χ3v) is 3.56. The van der Waals surface area contributed by atoms with Crippen molar-refractivity contribution in [2.75, 3.05) is 32.7 Å². The molecule has 2 N–H and O–H groups in total. The normalized spacial score (nSPS) is 32.8. The fraction of sp³-hybridized carbons (Fsp3) is 1.00. The molecule has 0 aromatic carbocycles. The summed E-state index contributed by atoms with van der Waals surface area (Å²) in [5.41, 5.74) is 0. The Kier molecular flexibility index (Phi) is 3.97. The molecule has 0 aromatic rings. The van der Waals surface area contributed by atoms with E-state index < -0.39 is 0 Å². The number of aliphatic hydroxyl groups excluding tert-OH is 1. The summed E-state index contributed by atoms with van der Waals surface area (Å²) in [5.74, 6) is 0. The number of hydrogen-bond donors (Lipinski definition) is 2. The van der Waals surface area contributed by atoms with Gasteiger partial charge in [-0.05, 0) is 26.2 Å². The van der Waals surface area contributed by atoms with Crippen LogP contribution in [0.25, 0.3) is 0 Å². The van der Waals surface area contributed by atoms with Crippen molar-refractivity contribution >= 4 is 0 Å². The van der Waals surface area contributed by atoms with Crippen molar-refractivity contribution in [1.29, 1.82) is 0 Å². The van der Waals surface area contributed by atoms with Crippen LogP contribution in [0.3, 0.4) is 0 Å². The molecule has 15 heavy (non-hydrogen) atoms. The van der Waals surface area contributed by atoms with E-state index in [1.54, 1.807) is 0 Å². The molecular weight excluding hydrogens is 190 g/mol. The SMILES string of the molecule is CC(O)N1CCCCC1N1CCNCC1. The monoisotopic (exact) mass is 213 g/mol. The van der Waals surface area contributed by atoms with Gasteiger partial charge in [0.15, 0.2) is 0 Å². The maximum Gasteiger partial charge on any atom is 0.105 e. The second-order valence-corrected chi connectivity index (χ2v) is 4.63. The summed E-state index contributed by atoms with van der Waals surface area (Å²) in [6, 6.07) is 0. The number of piperidine rings is 1. The van der Waals surface area contributed by atoms with E-state index in [9.17, 15) is 5.11 Å². The molecule has 2 heterocycles. The maximum atomic E-state index is 9.76. The lowest BCUT2D eigenvalue weighted by Crippen LogP contribution is -2.58. The van der Waals surface area contributed by atoms with Crippen LogP contribution in [0.2, 0.25) is 0 Å². The first-order chi connectivity index (χ1) is 7.29. The molecule has 0 radical (unpaired) electrons. The number of nitrogens with zero attached hydrogens (tertiary/aromatic N) is 2. The molecule has 0 saturated carbocycles. The number of rotatable bonds is 2. The number of likely N-dealkylation sites (tertiary alicyclic amines) is 1. The highest BCUT2D eigenvalue weighted by molar-refractivity contribution is 4.81. The molecule has 0 aromatic heterocycles. The first-order valence-corrected chi connectivity index (χ1v) is 6.17. The second kappa shape index (κ2) is 5.25. The van der Waals surface area contributed by atoms with E-state index in [1.807, 2.05) is 6.92 Å². The molecular formula is C11H23N3O. The Morgan fingerprint density at radius 3 is 2.60 bits per heavy atom. The van der Waals surface area contributed by atoms with E-state index >= 15 is 0 Å². The molecule has 2 rings (SSSR count). The van der Waals surface area contributed by atoms with Crippen LogP contribution in [-0.2, 0) is 0 Å². The molecule has 0 aliphatic carbocycles. The number of nitrogens with one attached hydrogen (secondary N) is 1. The Bertz CT molecular complexity index is 192. The molecule has 4 nitrogen and oxygen atoms in total. The van der Waals surface area contributed by atoms with Crippen molar-refractivity contribution in [1.82, 2.24) is 15.1 Å². The van der Waals surface area contributed by atoms with Crippen LogP contribution in [0, 0.1) is 0 Å². The van der Waals surface area contributed by atoms with E-state index in [1.165, 1.54) is 19.3 Å². The van der Waals surface area contributed by atoms with Gasteiger partial charge in [0.05, 0.1) is 6.17 Å². The van der Waals surface area contributed by atoms with Crippen LogP contribution < -0.4 is 5.32 Å². The predicted octanol–water partition coefficient (Wildman–Crippen LogP) is 0.0419. The number of piperazine rings is 1. The van der Waals surface area contributed by atoms with Gasteiger partial charge in [0, 0.05) is 32.7 Å². The largest absolute Gasteiger partial charge is 0.379 e. The van der Waals surface area contributed by atoms with Gasteiger partial charge >= 0.3 is 0 Å². The van der Waals surface area contributed by atoms with Crippen LogP contribution in [-0.4, -0.2) is 60.0 Å². The fourth-order valence-electron chi connectivity index (χ4n) is 2.74. The maximum absolute atomic E-state index is 9.76. The summed E-state index contributed by atoms with van der Waals surface area (Å²) in [5, 5.41) is 13.1. The lowest BCUT2D eigenvalue weighted by Gasteiger charge is -2.45. The summed E-state index contributed by atoms with van der Waals surface area (Å²) >= 11 is 0. The molecule has 2 fully saturated rings. The van der Waals surface area contributed by atoms with E-state index in [0.717, 1.165) is 32.7 Å². The predicted molar refractivity (Wildman–Crippen MR) is 60.5 cm³/mol. The van der Waals surface area contributed by atoms with Crippen molar-refractivity contribution in [3.63, 3.8) is 0 Å². The average Bonchev–Trinajstić information content (AvgIpc) is 2.30. The van der Waals surface area contributed by atoms with E-state index in [4.69, 9.17) is 0 Å². The van der Waals surface area contributed by atoms with Gasteiger partial charge in [0.2, 0.25) is 0 Å². The quantitative estimate of drug-likeness (QED) is 0.679. The standard InChI is InChI=1S/C11H23N3O/c1-10(15)14-7-3-2-4-11(14)13-8-5-12-6-9-13/h10-12,15H,2-9H2,1H3. The molecule has 2 aliphatic rings. The fourth-order valence-corrected chi connectivity index (χ4v) is 2.74. The van der Waals surface area contributed by atoms with Crippen molar-refractivity contribution in [2.24, 2.45) is 0 Å². The Hall–Kier alpha value is -0.160. The summed E-state index contributed by atoms with van der Waals surface area (Å²) in [7, 11) is 0. The molecule has 2 atom stereocenters. The van der Waals surface area contributed by atoms with Crippen LogP contribution >= 0.6 is 0 Å². The summed E-state index contributed by atoms with van der Waals surface area (Å²) in [6.45, 7) is 7.35. The van der Waals surface area contributed by atoms with E-state index in [-0.39, 0.29) is 6.23 Å². The topological polar surface area (TPSA) is 38.7 Å². The van der Waals surface area contributed by atoms with Gasteiger partial charge in [-0.2, -0.15) is 0 Å². The second-order valence-electron chi connectivity index (χ2n) is 4.63. The first kappa shape index (κ1) is 11.3. The molecule has 4 heteroatoms. The van der Waals surface area contributed by atoms with Gasteiger partial charge in [0.1, 0.15) is 6.23 Å². The van der Waals surface area contributed by atoms with Crippen LogP contribution in [0.5, 0.6) is 0 Å². The molecule has 88 valence electrons. The highest BCUT2D eigenvalue weighted by Gasteiger charge is 2.30. The minimum Gasteiger partial charge on any atom is -0.379 e. The Labute approximate surface area is 92.2 Å². The number of aliphatic hydroxyl groups is 1. The molecule has 2 aliphatic heterocycles. The van der Waals surface area contributed by atoms with Gasteiger partial charge in [0.25, 0.3) is 0 Å². The van der Waals surface area contributed by atoms with Gasteiger partial charge in [-0.1, -0.05) is 0 Å². The Balaban J connectivity index is 1.96. The van der Waals surface area contributed by atoms with Crippen molar-refractivity contribution in [2.45, 2.75) is 38.6 Å². The van der Waals surface area contributed by atoms with Gasteiger partial charge in [-0.15, -0.1) is 0 Å². The summed E-state index contributed by atoms with van der Waals surface area (Å²) < 4.78 is 0. The zero-order valence-corrected chi connectivity index (χ0v) is 9.65. The summed E-state index contributed by atoms with van der Waals surface area (Å²) in [6.07, 6.45) is 3.92. The smallest absolute Gasteiger partial charge is 0.105 e. The average molecular weight is 213 g/mol. The third-order valence-electron chi connectivity index (χ3n) is 3.56. The Morgan fingerprint density at radius 2 is 1.93 bits per heavy atom. The highest BCUT2D eigenvalue weighted by atomic mass is 16.3. The summed E-state index contributed by atoms with van der Waals surface area (Å²) in [4.78, 5) is 4.76. The first-order valence-electron chi connectivity index (χ1n) is 6.17. The van der Waals surface area contributed by atoms with Gasteiger partial charge in [-0.25, -0.2) is 0 Å². The van der Waals surface area contributed by atoms with Crippen LogP contribution in [0.4, 0.5) is 0 Å².